The number of rotatable bonds is 11. The molecule has 0 fully saturated rings. The van der Waals surface area contributed by atoms with Gasteiger partial charge in [0.1, 0.15) is 17.3 Å². The molecule has 2 rings (SSSR count). The van der Waals surface area contributed by atoms with E-state index in [9.17, 15) is 14.4 Å². The van der Waals surface area contributed by atoms with Crippen LogP contribution in [0.2, 0.25) is 0 Å². The van der Waals surface area contributed by atoms with Gasteiger partial charge < -0.3 is 24.3 Å². The maximum atomic E-state index is 12.3. The third-order valence-corrected chi connectivity index (χ3v) is 4.42. The van der Waals surface area contributed by atoms with Crippen molar-refractivity contribution in [3.63, 3.8) is 0 Å². The lowest BCUT2D eigenvalue weighted by molar-refractivity contribution is -0.141. The number of ether oxygens (including phenoxy) is 4. The first-order valence-corrected chi connectivity index (χ1v) is 10.7. The summed E-state index contributed by atoms with van der Waals surface area (Å²) >= 11 is 0. The molecule has 0 saturated carbocycles. The van der Waals surface area contributed by atoms with Crippen LogP contribution in [0.3, 0.4) is 0 Å². The second-order valence-electron chi connectivity index (χ2n) is 7.23. The van der Waals surface area contributed by atoms with Gasteiger partial charge in [0.05, 0.1) is 24.3 Å². The van der Waals surface area contributed by atoms with Crippen LogP contribution in [0, 0.1) is 0 Å². The van der Waals surface area contributed by atoms with Crippen molar-refractivity contribution in [2.24, 2.45) is 0 Å². The largest absolute Gasteiger partial charge is 0.493 e. The number of carbonyl (C=O) groups is 3. The Labute approximate surface area is 199 Å². The van der Waals surface area contributed by atoms with Crippen LogP contribution in [0.4, 0.5) is 5.69 Å². The average molecular weight is 468 g/mol. The van der Waals surface area contributed by atoms with E-state index in [-0.39, 0.29) is 5.97 Å². The lowest BCUT2D eigenvalue weighted by Crippen LogP contribution is -2.06. The molecule has 0 bridgehead atoms. The number of carbonyl (C=O) groups excluding carboxylic acids is 3. The van der Waals surface area contributed by atoms with Gasteiger partial charge in [0.25, 0.3) is 0 Å². The number of benzene rings is 2. The number of hydrogen-bond donors (Lipinski definition) is 1. The zero-order chi connectivity index (χ0) is 24.9. The smallest absolute Gasteiger partial charge is 0.343 e. The molecular weight excluding hydrogens is 438 g/mol. The van der Waals surface area contributed by atoms with Gasteiger partial charge >= 0.3 is 17.9 Å². The number of hydrogen-bond acceptors (Lipinski definition) is 8. The van der Waals surface area contributed by atoms with Crippen LogP contribution in [-0.4, -0.2) is 38.2 Å². The maximum Gasteiger partial charge on any atom is 0.343 e. The topological polar surface area (TPSA) is 100 Å². The zero-order valence-corrected chi connectivity index (χ0v) is 19.8. The summed E-state index contributed by atoms with van der Waals surface area (Å²) in [5, 5.41) is 2.98. The Bertz CT molecular complexity index is 1040. The minimum atomic E-state index is -0.525. The molecule has 2 aromatic rings. The summed E-state index contributed by atoms with van der Waals surface area (Å²) in [7, 11) is 1.80. The molecular formula is C26H29NO7. The number of allylic oxidation sites excluding steroid dienone is 4. The maximum absolute atomic E-state index is 12.3. The summed E-state index contributed by atoms with van der Waals surface area (Å²) in [4.78, 5) is 35.2. The van der Waals surface area contributed by atoms with E-state index in [2.05, 4.69) is 5.32 Å². The Kier molecular flexibility index (Phi) is 10.4. The van der Waals surface area contributed by atoms with E-state index in [1.54, 1.807) is 81.6 Å². The summed E-state index contributed by atoms with van der Waals surface area (Å²) < 4.78 is 21.0. The number of nitrogens with one attached hydrogen (secondary N) is 1. The Hall–Kier alpha value is -4.07. The SMILES string of the molecule is CNc1ccc(C(=O)O/C(C)=C/C=C(\C)OC(=O)c2ccc(OCCCOC(C)=O)cc2)cc1. The predicted octanol–water partition coefficient (Wildman–Crippen LogP) is 4.88. The highest BCUT2D eigenvalue weighted by atomic mass is 16.5. The van der Waals surface area contributed by atoms with Crippen LogP contribution in [-0.2, 0) is 19.0 Å². The summed E-state index contributed by atoms with van der Waals surface area (Å²) in [6, 6.07) is 13.4. The second kappa shape index (κ2) is 13.5. The van der Waals surface area contributed by atoms with E-state index in [0.29, 0.717) is 48.0 Å². The van der Waals surface area contributed by atoms with E-state index in [0.717, 1.165) is 5.69 Å². The zero-order valence-electron chi connectivity index (χ0n) is 19.8. The summed E-state index contributed by atoms with van der Waals surface area (Å²) in [5.41, 5.74) is 1.68. The Morgan fingerprint density at radius 1 is 0.765 bits per heavy atom. The monoisotopic (exact) mass is 467 g/mol. The highest BCUT2D eigenvalue weighted by Crippen LogP contribution is 2.15. The Balaban J connectivity index is 1.82. The fourth-order valence-corrected chi connectivity index (χ4v) is 2.64. The van der Waals surface area contributed by atoms with Crippen molar-refractivity contribution >= 4 is 23.6 Å². The molecule has 0 heterocycles. The molecule has 8 heteroatoms. The summed E-state index contributed by atoms with van der Waals surface area (Å²) in [6.07, 6.45) is 3.67. The van der Waals surface area contributed by atoms with Gasteiger partial charge in [-0.15, -0.1) is 0 Å². The van der Waals surface area contributed by atoms with Gasteiger partial charge in [-0.1, -0.05) is 0 Å². The first-order chi connectivity index (χ1) is 16.3. The van der Waals surface area contributed by atoms with Gasteiger partial charge in [-0.2, -0.15) is 0 Å². The van der Waals surface area contributed by atoms with E-state index in [1.807, 2.05) is 0 Å². The molecule has 34 heavy (non-hydrogen) atoms. The molecule has 2 aromatic carbocycles. The normalized spacial score (nSPS) is 11.4. The third kappa shape index (κ3) is 9.20. The fraction of sp³-hybridized carbons (Fsp3) is 0.269. The molecule has 0 amide bonds. The van der Waals surface area contributed by atoms with E-state index in [1.165, 1.54) is 6.92 Å². The minimum Gasteiger partial charge on any atom is -0.493 e. The molecule has 0 unspecified atom stereocenters. The molecule has 0 aliphatic rings. The first-order valence-electron chi connectivity index (χ1n) is 10.7. The molecule has 180 valence electrons. The van der Waals surface area contributed by atoms with Crippen LogP contribution in [0.5, 0.6) is 5.75 Å². The number of esters is 3. The van der Waals surface area contributed by atoms with Crippen LogP contribution in [0.15, 0.2) is 72.2 Å². The molecule has 1 N–H and O–H groups in total. The van der Waals surface area contributed by atoms with Gasteiger partial charge in [0.2, 0.25) is 0 Å². The molecule has 0 saturated heterocycles. The highest BCUT2D eigenvalue weighted by Gasteiger charge is 2.10. The first kappa shape index (κ1) is 26.2. The van der Waals surface area contributed by atoms with Crippen LogP contribution in [0.25, 0.3) is 0 Å². The van der Waals surface area contributed by atoms with Crippen LogP contribution >= 0.6 is 0 Å². The molecule has 0 aliphatic heterocycles. The van der Waals surface area contributed by atoms with Crippen LogP contribution in [0.1, 0.15) is 47.9 Å². The van der Waals surface area contributed by atoms with Crippen molar-refractivity contribution in [2.75, 3.05) is 25.6 Å². The van der Waals surface area contributed by atoms with Crippen molar-refractivity contribution in [3.05, 3.63) is 83.3 Å². The van der Waals surface area contributed by atoms with Crippen molar-refractivity contribution in [1.29, 1.82) is 0 Å². The molecule has 8 nitrogen and oxygen atoms in total. The molecule has 0 radical (unpaired) electrons. The van der Waals surface area contributed by atoms with Crippen molar-refractivity contribution < 1.29 is 33.3 Å². The Morgan fingerprint density at radius 3 is 1.74 bits per heavy atom. The van der Waals surface area contributed by atoms with Gasteiger partial charge in [0.15, 0.2) is 0 Å². The second-order valence-corrected chi connectivity index (χ2v) is 7.23. The van der Waals surface area contributed by atoms with Crippen molar-refractivity contribution in [2.45, 2.75) is 27.2 Å². The van der Waals surface area contributed by atoms with Gasteiger partial charge in [-0.25, -0.2) is 9.59 Å². The number of anilines is 1. The average Bonchev–Trinajstić information content (AvgIpc) is 2.82. The summed E-state index contributed by atoms with van der Waals surface area (Å²) in [5.74, 6) is -0.0454. The van der Waals surface area contributed by atoms with Crippen molar-refractivity contribution in [3.8, 4) is 5.75 Å². The highest BCUT2D eigenvalue weighted by molar-refractivity contribution is 5.91. The van der Waals surface area contributed by atoms with Gasteiger partial charge in [-0.05, 0) is 74.5 Å². The van der Waals surface area contributed by atoms with Crippen molar-refractivity contribution in [1.82, 2.24) is 0 Å². The van der Waals surface area contributed by atoms with Gasteiger partial charge in [-0.3, -0.25) is 4.79 Å². The van der Waals surface area contributed by atoms with Gasteiger partial charge in [0, 0.05) is 26.1 Å². The fourth-order valence-electron chi connectivity index (χ4n) is 2.64. The van der Waals surface area contributed by atoms with E-state index < -0.39 is 11.9 Å². The molecule has 0 aliphatic carbocycles. The molecule has 0 spiro atoms. The standard InChI is InChI=1S/C26H29NO7/c1-18(33-25(29)21-8-12-23(27-4)13-9-21)6-7-19(2)34-26(30)22-10-14-24(15-11-22)32-17-5-16-31-20(3)28/h6-15,27H,5,16-17H2,1-4H3/b18-6+,19-7+. The predicted molar refractivity (Wildman–Crippen MR) is 128 cm³/mol. The lowest BCUT2D eigenvalue weighted by atomic mass is 10.2. The minimum absolute atomic E-state index is 0.294. The van der Waals surface area contributed by atoms with Crippen LogP contribution < -0.4 is 10.1 Å². The molecule has 0 aromatic heterocycles. The summed E-state index contributed by atoms with van der Waals surface area (Å²) in [6.45, 7) is 5.29. The third-order valence-electron chi connectivity index (χ3n) is 4.42. The quantitative estimate of drug-likeness (QED) is 0.164. The Morgan fingerprint density at radius 2 is 1.26 bits per heavy atom. The van der Waals surface area contributed by atoms with E-state index in [4.69, 9.17) is 18.9 Å². The lowest BCUT2D eigenvalue weighted by Gasteiger charge is -2.08. The molecule has 0 atom stereocenters. The van der Waals surface area contributed by atoms with E-state index >= 15 is 0 Å².